The molecule has 2 aromatic heterocycles. The summed E-state index contributed by atoms with van der Waals surface area (Å²) in [4.78, 5) is 8.66. The summed E-state index contributed by atoms with van der Waals surface area (Å²) in [5.41, 5.74) is 1.10. The molecule has 3 rings (SSSR count). The Morgan fingerprint density at radius 1 is 1.56 bits per heavy atom. The van der Waals surface area contributed by atoms with Gasteiger partial charge in [-0.3, -0.25) is 0 Å². The Labute approximate surface area is 93.9 Å². The molecule has 5 heteroatoms. The fraction of sp³-hybridized carbons (Fsp3) is 0.545. The number of aromatic nitrogens is 4. The highest BCUT2D eigenvalue weighted by Crippen LogP contribution is 2.10. The molecule has 1 atom stereocenters. The van der Waals surface area contributed by atoms with Crippen LogP contribution < -0.4 is 5.32 Å². The monoisotopic (exact) mass is 217 g/mol. The van der Waals surface area contributed by atoms with E-state index in [0.717, 1.165) is 24.4 Å². The summed E-state index contributed by atoms with van der Waals surface area (Å²) in [6, 6.07) is 0.540. The SMILES string of the molecule is Cc1cnc2nc(CC3CCCN3)nn2c1. The van der Waals surface area contributed by atoms with Gasteiger partial charge in [0.25, 0.3) is 5.78 Å². The van der Waals surface area contributed by atoms with Crippen LogP contribution in [-0.2, 0) is 6.42 Å². The summed E-state index contributed by atoms with van der Waals surface area (Å²) >= 11 is 0. The van der Waals surface area contributed by atoms with E-state index >= 15 is 0 Å². The molecule has 2 aromatic rings. The zero-order valence-corrected chi connectivity index (χ0v) is 9.35. The molecule has 1 saturated heterocycles. The highest BCUT2D eigenvalue weighted by atomic mass is 15.3. The van der Waals surface area contributed by atoms with Gasteiger partial charge in [0, 0.05) is 24.9 Å². The highest BCUT2D eigenvalue weighted by molar-refractivity contribution is 5.27. The van der Waals surface area contributed by atoms with Crippen LogP contribution in [0.4, 0.5) is 0 Å². The molecule has 1 fully saturated rings. The van der Waals surface area contributed by atoms with Gasteiger partial charge in [0.05, 0.1) is 0 Å². The van der Waals surface area contributed by atoms with Crippen LogP contribution in [0.3, 0.4) is 0 Å². The van der Waals surface area contributed by atoms with Gasteiger partial charge in [0.1, 0.15) is 0 Å². The number of hydrogen-bond donors (Lipinski definition) is 1. The van der Waals surface area contributed by atoms with Gasteiger partial charge in [-0.1, -0.05) is 0 Å². The first kappa shape index (κ1) is 9.72. The van der Waals surface area contributed by atoms with Crippen molar-refractivity contribution in [1.29, 1.82) is 0 Å². The van der Waals surface area contributed by atoms with Crippen molar-refractivity contribution in [3.63, 3.8) is 0 Å². The molecule has 0 amide bonds. The lowest BCUT2D eigenvalue weighted by molar-refractivity contribution is 0.585. The maximum absolute atomic E-state index is 4.44. The Bertz CT molecular complexity index is 498. The highest BCUT2D eigenvalue weighted by Gasteiger charge is 2.17. The van der Waals surface area contributed by atoms with Crippen LogP contribution in [-0.4, -0.2) is 32.2 Å². The van der Waals surface area contributed by atoms with E-state index in [1.54, 1.807) is 4.52 Å². The van der Waals surface area contributed by atoms with Crippen LogP contribution >= 0.6 is 0 Å². The Kier molecular flexibility index (Phi) is 2.32. The van der Waals surface area contributed by atoms with Crippen molar-refractivity contribution >= 4 is 5.78 Å². The molecule has 0 spiro atoms. The van der Waals surface area contributed by atoms with Crippen molar-refractivity contribution in [2.75, 3.05) is 6.54 Å². The van der Waals surface area contributed by atoms with Gasteiger partial charge < -0.3 is 5.32 Å². The van der Waals surface area contributed by atoms with Crippen molar-refractivity contribution in [3.8, 4) is 0 Å². The van der Waals surface area contributed by atoms with Crippen LogP contribution in [0.25, 0.3) is 5.78 Å². The molecule has 3 heterocycles. The molecule has 0 radical (unpaired) electrons. The smallest absolute Gasteiger partial charge is 0.252 e. The van der Waals surface area contributed by atoms with Gasteiger partial charge >= 0.3 is 0 Å². The Balaban J connectivity index is 1.86. The third-order valence-corrected chi connectivity index (χ3v) is 2.96. The van der Waals surface area contributed by atoms with Crippen molar-refractivity contribution in [2.24, 2.45) is 0 Å². The molecular formula is C11H15N5. The van der Waals surface area contributed by atoms with E-state index in [-0.39, 0.29) is 0 Å². The third-order valence-electron chi connectivity index (χ3n) is 2.96. The van der Waals surface area contributed by atoms with Crippen LogP contribution in [0, 0.1) is 6.92 Å². The minimum absolute atomic E-state index is 0.540. The van der Waals surface area contributed by atoms with E-state index in [4.69, 9.17) is 0 Å². The van der Waals surface area contributed by atoms with E-state index in [9.17, 15) is 0 Å². The molecule has 1 aliphatic rings. The first-order valence-corrected chi connectivity index (χ1v) is 5.72. The fourth-order valence-electron chi connectivity index (χ4n) is 2.16. The Morgan fingerprint density at radius 2 is 2.50 bits per heavy atom. The van der Waals surface area contributed by atoms with Gasteiger partial charge in [0.2, 0.25) is 0 Å². The average molecular weight is 217 g/mol. The number of fused-ring (bicyclic) bond motifs is 1. The summed E-state index contributed by atoms with van der Waals surface area (Å²) in [6.07, 6.45) is 7.17. The van der Waals surface area contributed by atoms with Crippen molar-refractivity contribution in [1.82, 2.24) is 24.9 Å². The lowest BCUT2D eigenvalue weighted by Crippen LogP contribution is -2.24. The minimum Gasteiger partial charge on any atom is -0.314 e. The van der Waals surface area contributed by atoms with Gasteiger partial charge in [-0.15, -0.1) is 5.10 Å². The molecule has 0 aliphatic carbocycles. The molecule has 0 aromatic carbocycles. The largest absolute Gasteiger partial charge is 0.314 e. The molecule has 16 heavy (non-hydrogen) atoms. The summed E-state index contributed by atoms with van der Waals surface area (Å²) in [7, 11) is 0. The van der Waals surface area contributed by atoms with Crippen molar-refractivity contribution < 1.29 is 0 Å². The maximum atomic E-state index is 4.44. The maximum Gasteiger partial charge on any atom is 0.252 e. The van der Waals surface area contributed by atoms with E-state index in [1.165, 1.54) is 12.8 Å². The topological polar surface area (TPSA) is 55.1 Å². The van der Waals surface area contributed by atoms with Gasteiger partial charge in [-0.25, -0.2) is 9.50 Å². The second-order valence-corrected chi connectivity index (χ2v) is 4.40. The van der Waals surface area contributed by atoms with Crippen molar-refractivity contribution in [3.05, 3.63) is 23.8 Å². The number of aryl methyl sites for hydroxylation is 1. The standard InChI is InChI=1S/C11H15N5/c1-8-6-13-11-14-10(15-16(11)7-8)5-9-3-2-4-12-9/h6-7,9,12H,2-5H2,1H3. The van der Waals surface area contributed by atoms with Crippen molar-refractivity contribution in [2.45, 2.75) is 32.2 Å². The lowest BCUT2D eigenvalue weighted by Gasteiger charge is -2.05. The fourth-order valence-corrected chi connectivity index (χ4v) is 2.16. The van der Waals surface area contributed by atoms with Gasteiger partial charge in [-0.05, 0) is 31.9 Å². The van der Waals surface area contributed by atoms with Crippen LogP contribution in [0.1, 0.15) is 24.2 Å². The molecule has 0 saturated carbocycles. The summed E-state index contributed by atoms with van der Waals surface area (Å²) < 4.78 is 1.76. The number of nitrogens with zero attached hydrogens (tertiary/aromatic N) is 4. The molecule has 1 unspecified atom stereocenters. The van der Waals surface area contributed by atoms with E-state index in [2.05, 4.69) is 20.4 Å². The van der Waals surface area contributed by atoms with E-state index in [1.807, 2.05) is 19.3 Å². The van der Waals surface area contributed by atoms with Crippen LogP contribution in [0.5, 0.6) is 0 Å². The summed E-state index contributed by atoms with van der Waals surface area (Å²) in [5, 5.41) is 7.89. The second kappa shape index (κ2) is 3.83. The zero-order chi connectivity index (χ0) is 11.0. The summed E-state index contributed by atoms with van der Waals surface area (Å²) in [5.74, 6) is 1.58. The number of hydrogen-bond acceptors (Lipinski definition) is 4. The van der Waals surface area contributed by atoms with E-state index < -0.39 is 0 Å². The Hall–Kier alpha value is -1.49. The molecule has 1 N–H and O–H groups in total. The Morgan fingerprint density at radius 3 is 3.31 bits per heavy atom. The van der Waals surface area contributed by atoms with Crippen LogP contribution in [0.15, 0.2) is 12.4 Å². The van der Waals surface area contributed by atoms with Gasteiger partial charge in [0.15, 0.2) is 5.82 Å². The number of nitrogens with one attached hydrogen (secondary N) is 1. The predicted molar refractivity (Wildman–Crippen MR) is 60.2 cm³/mol. The van der Waals surface area contributed by atoms with E-state index in [0.29, 0.717) is 11.8 Å². The lowest BCUT2D eigenvalue weighted by atomic mass is 10.1. The molecule has 84 valence electrons. The number of rotatable bonds is 2. The van der Waals surface area contributed by atoms with Gasteiger partial charge in [-0.2, -0.15) is 4.98 Å². The quantitative estimate of drug-likeness (QED) is 0.805. The normalized spacial score (nSPS) is 20.7. The molecule has 0 bridgehead atoms. The average Bonchev–Trinajstić information content (AvgIpc) is 2.86. The minimum atomic E-state index is 0.540. The molecule has 5 nitrogen and oxygen atoms in total. The summed E-state index contributed by atoms with van der Waals surface area (Å²) in [6.45, 7) is 3.13. The first-order valence-electron chi connectivity index (χ1n) is 5.72. The third kappa shape index (κ3) is 1.78. The molecular weight excluding hydrogens is 202 g/mol. The zero-order valence-electron chi connectivity index (χ0n) is 9.35. The van der Waals surface area contributed by atoms with Crippen LogP contribution in [0.2, 0.25) is 0 Å². The predicted octanol–water partition coefficient (Wildman–Crippen LogP) is 0.727. The second-order valence-electron chi connectivity index (χ2n) is 4.40. The first-order chi connectivity index (χ1) is 7.81. The molecule has 1 aliphatic heterocycles.